The highest BCUT2D eigenvalue weighted by molar-refractivity contribution is 5.84. The van der Waals surface area contributed by atoms with Gasteiger partial charge in [-0.15, -0.1) is 0 Å². The lowest BCUT2D eigenvalue weighted by Gasteiger charge is -2.19. The molecule has 0 spiro atoms. The first-order chi connectivity index (χ1) is 14.8. The summed E-state index contributed by atoms with van der Waals surface area (Å²) in [6.45, 7) is 5.64. The number of carbonyl (C=O) groups excluding carboxylic acids is 1. The number of nitrogens with one attached hydrogen (secondary N) is 2. The third-order valence-corrected chi connectivity index (χ3v) is 4.53. The normalized spacial score (nSPS) is 11.5. The van der Waals surface area contributed by atoms with Gasteiger partial charge >= 0.3 is 6.09 Å². The molecule has 158 valence electrons. The standard InChI is InChI=1S/C23H23N5O3/c1-23(2,3)31-22(30)26-20-6-4-5-18(25-20)14-28-13-17(9-10-21(28)29)15-7-8-16-12-24-27-19(16)11-15/h4-13H,14H2,1-3H3,(H,24,27)(H,25,26,30). The van der Waals surface area contributed by atoms with Crippen molar-refractivity contribution in [2.24, 2.45) is 0 Å². The minimum absolute atomic E-state index is 0.140. The Morgan fingerprint density at radius 3 is 2.74 bits per heavy atom. The highest BCUT2D eigenvalue weighted by Gasteiger charge is 2.16. The summed E-state index contributed by atoms with van der Waals surface area (Å²) in [4.78, 5) is 28.8. The minimum atomic E-state index is -0.603. The van der Waals surface area contributed by atoms with Crippen LogP contribution in [0.1, 0.15) is 26.5 Å². The van der Waals surface area contributed by atoms with Crippen LogP contribution in [0.2, 0.25) is 0 Å². The number of fused-ring (bicyclic) bond motifs is 1. The third-order valence-electron chi connectivity index (χ3n) is 4.53. The van der Waals surface area contributed by atoms with Crippen molar-refractivity contribution < 1.29 is 9.53 Å². The van der Waals surface area contributed by atoms with Gasteiger partial charge in [-0.3, -0.25) is 15.2 Å². The number of anilines is 1. The molecule has 3 heterocycles. The van der Waals surface area contributed by atoms with Crippen molar-refractivity contribution in [2.45, 2.75) is 32.9 Å². The number of aromatic nitrogens is 4. The number of H-pyrrole nitrogens is 1. The monoisotopic (exact) mass is 417 g/mol. The first-order valence-corrected chi connectivity index (χ1v) is 9.87. The van der Waals surface area contributed by atoms with Gasteiger partial charge in [0, 0.05) is 17.6 Å². The van der Waals surface area contributed by atoms with Crippen LogP contribution >= 0.6 is 0 Å². The summed E-state index contributed by atoms with van der Waals surface area (Å²) in [5.41, 5.74) is 2.69. The van der Waals surface area contributed by atoms with Gasteiger partial charge in [0.1, 0.15) is 11.4 Å². The molecule has 1 aromatic carbocycles. The van der Waals surface area contributed by atoms with E-state index in [0.29, 0.717) is 11.5 Å². The lowest BCUT2D eigenvalue weighted by molar-refractivity contribution is 0.0635. The number of ether oxygens (including phenoxy) is 1. The summed E-state index contributed by atoms with van der Waals surface area (Å²) in [5, 5.41) is 10.6. The van der Waals surface area contributed by atoms with E-state index in [0.717, 1.165) is 22.0 Å². The van der Waals surface area contributed by atoms with Crippen molar-refractivity contribution in [1.29, 1.82) is 0 Å². The smallest absolute Gasteiger partial charge is 0.413 e. The van der Waals surface area contributed by atoms with Gasteiger partial charge in [0.15, 0.2) is 0 Å². The molecular weight excluding hydrogens is 394 g/mol. The SMILES string of the molecule is CC(C)(C)OC(=O)Nc1cccc(Cn2cc(-c3ccc4cn[nH]c4c3)ccc2=O)n1. The molecule has 0 fully saturated rings. The molecule has 4 aromatic rings. The van der Waals surface area contributed by atoms with Crippen molar-refractivity contribution in [3.05, 3.63) is 77.0 Å². The van der Waals surface area contributed by atoms with Crippen LogP contribution in [0.5, 0.6) is 0 Å². The van der Waals surface area contributed by atoms with Crippen LogP contribution in [0.15, 0.2) is 65.7 Å². The fourth-order valence-electron chi connectivity index (χ4n) is 3.16. The molecule has 0 saturated heterocycles. The Bertz CT molecular complexity index is 1300. The molecule has 4 rings (SSSR count). The van der Waals surface area contributed by atoms with E-state index < -0.39 is 11.7 Å². The van der Waals surface area contributed by atoms with Gasteiger partial charge in [0.25, 0.3) is 5.56 Å². The molecule has 0 aliphatic heterocycles. The molecule has 2 N–H and O–H groups in total. The lowest BCUT2D eigenvalue weighted by Crippen LogP contribution is -2.27. The topological polar surface area (TPSA) is 102 Å². The van der Waals surface area contributed by atoms with Crippen molar-refractivity contribution in [3.63, 3.8) is 0 Å². The maximum atomic E-state index is 12.4. The van der Waals surface area contributed by atoms with Gasteiger partial charge in [-0.1, -0.05) is 18.2 Å². The maximum Gasteiger partial charge on any atom is 0.413 e. The summed E-state index contributed by atoms with van der Waals surface area (Å²) < 4.78 is 6.85. The molecule has 1 amide bonds. The van der Waals surface area contributed by atoms with Gasteiger partial charge in [-0.05, 0) is 56.2 Å². The van der Waals surface area contributed by atoms with Gasteiger partial charge in [0.2, 0.25) is 0 Å². The molecule has 0 aliphatic rings. The van der Waals surface area contributed by atoms with Crippen molar-refractivity contribution >= 4 is 22.8 Å². The zero-order chi connectivity index (χ0) is 22.0. The van der Waals surface area contributed by atoms with Crippen LogP contribution < -0.4 is 10.9 Å². The molecule has 8 heteroatoms. The Kier molecular flexibility index (Phi) is 5.29. The number of rotatable bonds is 4. The third kappa shape index (κ3) is 4.98. The van der Waals surface area contributed by atoms with Gasteiger partial charge in [-0.25, -0.2) is 9.78 Å². The van der Waals surface area contributed by atoms with Crippen LogP contribution in [0.4, 0.5) is 10.6 Å². The number of benzene rings is 1. The first kappa shape index (κ1) is 20.3. The zero-order valence-electron chi connectivity index (χ0n) is 17.5. The molecule has 0 bridgehead atoms. The number of aromatic amines is 1. The summed E-state index contributed by atoms with van der Waals surface area (Å²) in [7, 11) is 0. The largest absolute Gasteiger partial charge is 0.444 e. The number of nitrogens with zero attached hydrogens (tertiary/aromatic N) is 3. The highest BCUT2D eigenvalue weighted by atomic mass is 16.6. The van der Waals surface area contributed by atoms with Crippen LogP contribution in [-0.2, 0) is 11.3 Å². The van der Waals surface area contributed by atoms with Crippen LogP contribution in [-0.4, -0.2) is 31.4 Å². The van der Waals surface area contributed by atoms with Crippen LogP contribution in [0, 0.1) is 0 Å². The molecule has 3 aromatic heterocycles. The highest BCUT2D eigenvalue weighted by Crippen LogP contribution is 2.22. The first-order valence-electron chi connectivity index (χ1n) is 9.87. The molecular formula is C23H23N5O3. The summed E-state index contributed by atoms with van der Waals surface area (Å²) in [6, 6.07) is 14.6. The Hall–Kier alpha value is -3.94. The molecule has 0 unspecified atom stereocenters. The Labute approximate surface area is 178 Å². The van der Waals surface area contributed by atoms with E-state index in [1.165, 1.54) is 6.07 Å². The van der Waals surface area contributed by atoms with Gasteiger partial charge in [-0.2, -0.15) is 5.10 Å². The Balaban J connectivity index is 1.56. The second-order valence-electron chi connectivity index (χ2n) is 8.20. The fourth-order valence-corrected chi connectivity index (χ4v) is 3.16. The van der Waals surface area contributed by atoms with Crippen LogP contribution in [0.25, 0.3) is 22.0 Å². The van der Waals surface area contributed by atoms with Crippen LogP contribution in [0.3, 0.4) is 0 Å². The minimum Gasteiger partial charge on any atom is -0.444 e. The van der Waals surface area contributed by atoms with E-state index in [-0.39, 0.29) is 12.1 Å². The molecule has 8 nitrogen and oxygen atoms in total. The molecule has 31 heavy (non-hydrogen) atoms. The van der Waals surface area contributed by atoms with E-state index in [2.05, 4.69) is 20.5 Å². The van der Waals surface area contributed by atoms with E-state index in [1.54, 1.807) is 62.0 Å². The van der Waals surface area contributed by atoms with Crippen molar-refractivity contribution in [1.82, 2.24) is 19.7 Å². The maximum absolute atomic E-state index is 12.4. The number of amides is 1. The quantitative estimate of drug-likeness (QED) is 0.519. The summed E-state index contributed by atoms with van der Waals surface area (Å²) >= 11 is 0. The number of hydrogen-bond acceptors (Lipinski definition) is 5. The number of hydrogen-bond donors (Lipinski definition) is 2. The predicted octanol–water partition coefficient (Wildman–Crippen LogP) is 4.18. The zero-order valence-corrected chi connectivity index (χ0v) is 17.5. The summed E-state index contributed by atoms with van der Waals surface area (Å²) in [6.07, 6.45) is 2.99. The lowest BCUT2D eigenvalue weighted by atomic mass is 10.1. The predicted molar refractivity (Wildman–Crippen MR) is 119 cm³/mol. The van der Waals surface area contributed by atoms with Crippen molar-refractivity contribution in [2.75, 3.05) is 5.32 Å². The number of pyridine rings is 2. The molecule has 0 atom stereocenters. The second-order valence-corrected chi connectivity index (χ2v) is 8.20. The average Bonchev–Trinajstić information content (AvgIpc) is 3.16. The van der Waals surface area contributed by atoms with E-state index >= 15 is 0 Å². The van der Waals surface area contributed by atoms with E-state index in [9.17, 15) is 9.59 Å². The molecule has 0 saturated carbocycles. The fraction of sp³-hybridized carbons (Fsp3) is 0.217. The Morgan fingerprint density at radius 2 is 1.94 bits per heavy atom. The van der Waals surface area contributed by atoms with Crippen molar-refractivity contribution in [3.8, 4) is 11.1 Å². The Morgan fingerprint density at radius 1 is 1.13 bits per heavy atom. The summed E-state index contributed by atoms with van der Waals surface area (Å²) in [5.74, 6) is 0.362. The van der Waals surface area contributed by atoms with E-state index in [1.807, 2.05) is 18.2 Å². The molecule has 0 radical (unpaired) electrons. The van der Waals surface area contributed by atoms with Gasteiger partial charge in [0.05, 0.1) is 24.0 Å². The van der Waals surface area contributed by atoms with Gasteiger partial charge < -0.3 is 9.30 Å². The second kappa shape index (κ2) is 8.06. The molecule has 0 aliphatic carbocycles. The average molecular weight is 417 g/mol. The number of carbonyl (C=O) groups is 1. The van der Waals surface area contributed by atoms with E-state index in [4.69, 9.17) is 4.74 Å².